The van der Waals surface area contributed by atoms with Crippen molar-refractivity contribution < 1.29 is 19.1 Å². The lowest BCUT2D eigenvalue weighted by Gasteiger charge is -2.33. The Morgan fingerprint density at radius 2 is 1.96 bits per heavy atom. The van der Waals surface area contributed by atoms with Crippen LogP contribution in [0.15, 0.2) is 18.2 Å². The van der Waals surface area contributed by atoms with Gasteiger partial charge >= 0.3 is 6.03 Å². The Bertz CT molecular complexity index is 625. The van der Waals surface area contributed by atoms with Crippen molar-refractivity contribution in [3.63, 3.8) is 0 Å². The summed E-state index contributed by atoms with van der Waals surface area (Å²) < 4.78 is 10.5. The summed E-state index contributed by atoms with van der Waals surface area (Å²) in [7, 11) is 1.61. The number of rotatable bonds is 3. The first-order valence-corrected chi connectivity index (χ1v) is 8.44. The average Bonchev–Trinajstić information content (AvgIpc) is 3.10. The Balaban J connectivity index is 1.75. The van der Waals surface area contributed by atoms with Crippen LogP contribution >= 0.6 is 0 Å². The molecule has 0 bridgehead atoms. The lowest BCUT2D eigenvalue weighted by Crippen LogP contribution is -2.51. The van der Waals surface area contributed by atoms with Crippen LogP contribution in [0.1, 0.15) is 28.8 Å². The second kappa shape index (κ2) is 7.21. The van der Waals surface area contributed by atoms with Gasteiger partial charge in [0.05, 0.1) is 26.4 Å². The van der Waals surface area contributed by atoms with E-state index in [9.17, 15) is 9.59 Å². The maximum atomic E-state index is 12.9. The number of hydrogen-bond acceptors (Lipinski definition) is 4. The van der Waals surface area contributed by atoms with Crippen molar-refractivity contribution in [1.29, 1.82) is 0 Å². The number of ketones is 1. The van der Waals surface area contributed by atoms with Crippen LogP contribution < -0.4 is 4.74 Å². The summed E-state index contributed by atoms with van der Waals surface area (Å²) in [4.78, 5) is 29.2. The van der Waals surface area contributed by atoms with Gasteiger partial charge in [-0.2, -0.15) is 0 Å². The predicted octanol–water partition coefficient (Wildman–Crippen LogP) is 2.10. The van der Waals surface area contributed by atoms with E-state index in [-0.39, 0.29) is 17.9 Å². The molecule has 1 aromatic rings. The van der Waals surface area contributed by atoms with E-state index in [0.717, 1.165) is 24.2 Å². The molecule has 24 heavy (non-hydrogen) atoms. The molecule has 6 heteroatoms. The molecule has 0 saturated carbocycles. The average molecular weight is 332 g/mol. The summed E-state index contributed by atoms with van der Waals surface area (Å²) in [5, 5.41) is 0. The monoisotopic (exact) mass is 332 g/mol. The number of likely N-dealkylation sites (tertiary alicyclic amines) is 1. The summed E-state index contributed by atoms with van der Waals surface area (Å²) in [6.45, 7) is 4.88. The molecule has 1 unspecified atom stereocenters. The number of ether oxygens (including phenoxy) is 2. The minimum atomic E-state index is -0.367. The fourth-order valence-electron chi connectivity index (χ4n) is 3.43. The maximum absolute atomic E-state index is 12.9. The molecule has 2 aliphatic rings. The van der Waals surface area contributed by atoms with E-state index in [1.54, 1.807) is 23.0 Å². The zero-order chi connectivity index (χ0) is 17.1. The van der Waals surface area contributed by atoms with Crippen LogP contribution in [0.2, 0.25) is 0 Å². The van der Waals surface area contributed by atoms with Gasteiger partial charge in [0, 0.05) is 25.2 Å². The number of methoxy groups -OCH3 is 1. The molecule has 1 atom stereocenters. The lowest BCUT2D eigenvalue weighted by atomic mass is 10.00. The number of Topliss-reactive ketones (excluding diaryl/α,β-unsaturated/α-hetero) is 1. The molecule has 0 aliphatic carbocycles. The Morgan fingerprint density at radius 3 is 2.62 bits per heavy atom. The summed E-state index contributed by atoms with van der Waals surface area (Å²) >= 11 is 0. The zero-order valence-electron chi connectivity index (χ0n) is 14.3. The third-order valence-corrected chi connectivity index (χ3v) is 4.76. The highest BCUT2D eigenvalue weighted by molar-refractivity contribution is 6.02. The highest BCUT2D eigenvalue weighted by atomic mass is 16.5. The third kappa shape index (κ3) is 3.24. The first-order valence-electron chi connectivity index (χ1n) is 8.44. The van der Waals surface area contributed by atoms with Crippen molar-refractivity contribution in [2.75, 3.05) is 40.0 Å². The molecule has 2 fully saturated rings. The van der Waals surface area contributed by atoms with Crippen molar-refractivity contribution in [3.05, 3.63) is 29.3 Å². The zero-order valence-corrected chi connectivity index (χ0v) is 14.3. The molecule has 0 N–H and O–H groups in total. The van der Waals surface area contributed by atoms with Gasteiger partial charge in [0.2, 0.25) is 0 Å². The number of aryl methyl sites for hydroxylation is 1. The largest absolute Gasteiger partial charge is 0.496 e. The van der Waals surface area contributed by atoms with Gasteiger partial charge in [-0.3, -0.25) is 4.79 Å². The summed E-state index contributed by atoms with van der Waals surface area (Å²) in [6, 6.07) is 5.03. The molecular formula is C18H24N2O4. The number of carbonyl (C=O) groups excluding carboxylic acids is 2. The molecule has 2 aliphatic heterocycles. The molecule has 130 valence electrons. The summed E-state index contributed by atoms with van der Waals surface area (Å²) in [6.07, 6.45) is 1.58. The Labute approximate surface area is 142 Å². The highest BCUT2D eigenvalue weighted by Gasteiger charge is 2.37. The summed E-state index contributed by atoms with van der Waals surface area (Å²) in [5.74, 6) is 0.777. The number of morpholine rings is 1. The fourth-order valence-corrected chi connectivity index (χ4v) is 3.43. The van der Waals surface area contributed by atoms with Gasteiger partial charge in [-0.25, -0.2) is 4.79 Å². The lowest BCUT2D eigenvalue weighted by molar-refractivity contribution is 0.0415. The van der Waals surface area contributed by atoms with Crippen LogP contribution in [0, 0.1) is 6.92 Å². The third-order valence-electron chi connectivity index (χ3n) is 4.76. The predicted molar refractivity (Wildman–Crippen MR) is 89.6 cm³/mol. The standard InChI is InChI=1S/C18H24N2O4/c1-13-12-14(5-6-16(13)23-2)17(21)15-4-3-7-20(15)18(22)19-8-10-24-11-9-19/h5-6,12,15H,3-4,7-11H2,1-2H3. The van der Waals surface area contributed by atoms with E-state index < -0.39 is 0 Å². The van der Waals surface area contributed by atoms with Crippen LogP contribution in [0.4, 0.5) is 4.79 Å². The van der Waals surface area contributed by atoms with E-state index in [1.807, 2.05) is 19.1 Å². The van der Waals surface area contributed by atoms with E-state index in [2.05, 4.69) is 0 Å². The number of hydrogen-bond donors (Lipinski definition) is 0. The van der Waals surface area contributed by atoms with Gasteiger partial charge in [-0.1, -0.05) is 0 Å². The van der Waals surface area contributed by atoms with Crippen LogP contribution in [0.25, 0.3) is 0 Å². The Kier molecular flexibility index (Phi) is 5.04. The van der Waals surface area contributed by atoms with Gasteiger partial charge in [0.25, 0.3) is 0 Å². The van der Waals surface area contributed by atoms with E-state index in [1.165, 1.54) is 0 Å². The first-order chi connectivity index (χ1) is 11.6. The minimum absolute atomic E-state index is 0.0138. The van der Waals surface area contributed by atoms with Crippen LogP contribution in [0.5, 0.6) is 5.75 Å². The van der Waals surface area contributed by atoms with Crippen molar-refractivity contribution in [2.45, 2.75) is 25.8 Å². The Morgan fingerprint density at radius 1 is 1.21 bits per heavy atom. The molecule has 6 nitrogen and oxygen atoms in total. The SMILES string of the molecule is COc1ccc(C(=O)C2CCCN2C(=O)N2CCOCC2)cc1C. The number of urea groups is 1. The van der Waals surface area contributed by atoms with Gasteiger partial charge in [0.1, 0.15) is 5.75 Å². The van der Waals surface area contributed by atoms with Gasteiger partial charge in [0.15, 0.2) is 5.78 Å². The van der Waals surface area contributed by atoms with Gasteiger partial charge in [-0.05, 0) is 43.5 Å². The van der Waals surface area contributed by atoms with Gasteiger partial charge < -0.3 is 19.3 Å². The number of amides is 2. The number of nitrogens with zero attached hydrogens (tertiary/aromatic N) is 2. The summed E-state index contributed by atoms with van der Waals surface area (Å²) in [5.41, 5.74) is 1.56. The van der Waals surface area contributed by atoms with Crippen molar-refractivity contribution in [2.24, 2.45) is 0 Å². The topological polar surface area (TPSA) is 59.1 Å². The normalized spacial score (nSPS) is 21.0. The first kappa shape index (κ1) is 16.8. The van der Waals surface area contributed by atoms with Crippen LogP contribution in [-0.4, -0.2) is 67.6 Å². The molecule has 2 amide bonds. The van der Waals surface area contributed by atoms with E-state index >= 15 is 0 Å². The van der Waals surface area contributed by atoms with E-state index in [4.69, 9.17) is 9.47 Å². The molecule has 3 rings (SSSR count). The van der Waals surface area contributed by atoms with Crippen molar-refractivity contribution >= 4 is 11.8 Å². The Hall–Kier alpha value is -2.08. The molecule has 2 heterocycles. The van der Waals surface area contributed by atoms with Gasteiger partial charge in [-0.15, -0.1) is 0 Å². The molecule has 0 radical (unpaired) electrons. The minimum Gasteiger partial charge on any atom is -0.496 e. The van der Waals surface area contributed by atoms with E-state index in [0.29, 0.717) is 38.4 Å². The quantitative estimate of drug-likeness (QED) is 0.796. The number of carbonyl (C=O) groups is 2. The highest BCUT2D eigenvalue weighted by Crippen LogP contribution is 2.25. The molecular weight excluding hydrogens is 308 g/mol. The van der Waals surface area contributed by atoms with Crippen LogP contribution in [-0.2, 0) is 4.74 Å². The molecule has 0 spiro atoms. The number of benzene rings is 1. The second-order valence-corrected chi connectivity index (χ2v) is 6.28. The maximum Gasteiger partial charge on any atom is 0.320 e. The second-order valence-electron chi connectivity index (χ2n) is 6.28. The fraction of sp³-hybridized carbons (Fsp3) is 0.556. The molecule has 2 saturated heterocycles. The van der Waals surface area contributed by atoms with Crippen molar-refractivity contribution in [1.82, 2.24) is 9.80 Å². The van der Waals surface area contributed by atoms with Crippen molar-refractivity contribution in [3.8, 4) is 5.75 Å². The van der Waals surface area contributed by atoms with Crippen LogP contribution in [0.3, 0.4) is 0 Å². The molecule has 1 aromatic carbocycles. The smallest absolute Gasteiger partial charge is 0.320 e. The molecule has 0 aromatic heterocycles.